The molecule has 0 saturated carbocycles. The topological polar surface area (TPSA) is 53.6 Å². The highest BCUT2D eigenvalue weighted by atomic mass is 35.5. The standard InChI is InChI=1S/C14H18ClF2N3O2/c1-20-6-4-10(5-7-20)18-14(21)19-11-3-2-9(15)8-12(11)22-13(16)17/h2-3,8,10,13H,4-7H2,1H3,(H2,18,19,21). The Bertz CT molecular complexity index is 523. The first-order chi connectivity index (χ1) is 10.4. The number of ether oxygens (including phenoxy) is 1. The number of likely N-dealkylation sites (tertiary alicyclic amines) is 1. The number of benzene rings is 1. The molecule has 1 aromatic carbocycles. The minimum atomic E-state index is -2.99. The number of halogens is 3. The van der Waals surface area contributed by atoms with Gasteiger partial charge in [0.2, 0.25) is 0 Å². The highest BCUT2D eigenvalue weighted by molar-refractivity contribution is 6.30. The van der Waals surface area contributed by atoms with Gasteiger partial charge in [-0.3, -0.25) is 0 Å². The van der Waals surface area contributed by atoms with Gasteiger partial charge in [-0.1, -0.05) is 11.6 Å². The number of nitrogens with one attached hydrogen (secondary N) is 2. The Labute approximate surface area is 132 Å². The molecule has 1 heterocycles. The smallest absolute Gasteiger partial charge is 0.387 e. The third-order valence-corrected chi connectivity index (χ3v) is 3.70. The molecule has 1 aliphatic heterocycles. The Balaban J connectivity index is 1.96. The lowest BCUT2D eigenvalue weighted by molar-refractivity contribution is -0.0493. The van der Waals surface area contributed by atoms with Crippen LogP contribution in [0.2, 0.25) is 5.02 Å². The Morgan fingerprint density at radius 2 is 2.09 bits per heavy atom. The molecule has 0 unspecified atom stereocenters. The van der Waals surface area contributed by atoms with Crippen LogP contribution in [-0.4, -0.2) is 43.7 Å². The minimum absolute atomic E-state index is 0.0722. The van der Waals surface area contributed by atoms with Crippen molar-refractivity contribution in [3.8, 4) is 5.75 Å². The fourth-order valence-corrected chi connectivity index (χ4v) is 2.45. The lowest BCUT2D eigenvalue weighted by atomic mass is 10.1. The van der Waals surface area contributed by atoms with Crippen LogP contribution in [0.15, 0.2) is 18.2 Å². The van der Waals surface area contributed by atoms with Crippen LogP contribution >= 0.6 is 11.6 Å². The van der Waals surface area contributed by atoms with Crippen molar-refractivity contribution in [2.24, 2.45) is 0 Å². The molecule has 1 saturated heterocycles. The Hall–Kier alpha value is -1.60. The van der Waals surface area contributed by atoms with Crippen molar-refractivity contribution in [2.75, 3.05) is 25.5 Å². The normalized spacial score (nSPS) is 16.6. The predicted octanol–water partition coefficient (Wildman–Crippen LogP) is 3.16. The zero-order chi connectivity index (χ0) is 16.1. The van der Waals surface area contributed by atoms with E-state index in [2.05, 4.69) is 20.3 Å². The van der Waals surface area contributed by atoms with Crippen molar-refractivity contribution in [1.82, 2.24) is 10.2 Å². The van der Waals surface area contributed by atoms with Crippen LogP contribution in [0.1, 0.15) is 12.8 Å². The quantitative estimate of drug-likeness (QED) is 0.890. The summed E-state index contributed by atoms with van der Waals surface area (Å²) in [5, 5.41) is 5.60. The molecule has 0 radical (unpaired) electrons. The first-order valence-corrected chi connectivity index (χ1v) is 7.32. The van der Waals surface area contributed by atoms with E-state index < -0.39 is 12.6 Å². The molecule has 0 aliphatic carbocycles. The molecule has 2 N–H and O–H groups in total. The van der Waals surface area contributed by atoms with E-state index in [9.17, 15) is 13.6 Å². The second kappa shape index (κ2) is 7.60. The summed E-state index contributed by atoms with van der Waals surface area (Å²) >= 11 is 5.75. The van der Waals surface area contributed by atoms with Gasteiger partial charge in [0.25, 0.3) is 0 Å². The molecular formula is C14H18ClF2N3O2. The molecule has 0 aromatic heterocycles. The van der Waals surface area contributed by atoms with Crippen molar-refractivity contribution in [3.63, 3.8) is 0 Å². The highest BCUT2D eigenvalue weighted by Crippen LogP contribution is 2.29. The highest BCUT2D eigenvalue weighted by Gasteiger charge is 2.19. The monoisotopic (exact) mass is 333 g/mol. The van der Waals surface area contributed by atoms with Gasteiger partial charge in [0.05, 0.1) is 5.69 Å². The average molecular weight is 334 g/mol. The van der Waals surface area contributed by atoms with Crippen molar-refractivity contribution in [2.45, 2.75) is 25.5 Å². The van der Waals surface area contributed by atoms with Crippen molar-refractivity contribution in [1.29, 1.82) is 0 Å². The van der Waals surface area contributed by atoms with Crippen LogP contribution in [0.4, 0.5) is 19.3 Å². The number of hydrogen-bond acceptors (Lipinski definition) is 3. The van der Waals surface area contributed by atoms with E-state index >= 15 is 0 Å². The SMILES string of the molecule is CN1CCC(NC(=O)Nc2ccc(Cl)cc2OC(F)F)CC1. The van der Waals surface area contributed by atoms with Gasteiger partial charge in [-0.15, -0.1) is 0 Å². The van der Waals surface area contributed by atoms with Gasteiger partial charge in [-0.05, 0) is 45.1 Å². The number of rotatable bonds is 4. The second-order valence-electron chi connectivity index (χ2n) is 5.19. The maximum absolute atomic E-state index is 12.4. The van der Waals surface area contributed by atoms with Crippen LogP contribution < -0.4 is 15.4 Å². The molecule has 1 aliphatic rings. The molecule has 0 spiro atoms. The molecule has 8 heteroatoms. The number of nitrogens with zero attached hydrogens (tertiary/aromatic N) is 1. The van der Waals surface area contributed by atoms with Crippen LogP contribution in [0.25, 0.3) is 0 Å². The predicted molar refractivity (Wildman–Crippen MR) is 80.8 cm³/mol. The van der Waals surface area contributed by atoms with Crippen LogP contribution in [0.3, 0.4) is 0 Å². The number of urea groups is 1. The van der Waals surface area contributed by atoms with E-state index in [1.54, 1.807) is 0 Å². The largest absolute Gasteiger partial charge is 0.433 e. The van der Waals surface area contributed by atoms with E-state index in [1.807, 2.05) is 7.05 Å². The first kappa shape index (κ1) is 16.8. The Morgan fingerprint density at radius 3 is 2.73 bits per heavy atom. The third kappa shape index (κ3) is 4.99. The van der Waals surface area contributed by atoms with Gasteiger partial charge in [0, 0.05) is 17.1 Å². The number of anilines is 1. The molecule has 2 amide bonds. The maximum Gasteiger partial charge on any atom is 0.387 e. The van der Waals surface area contributed by atoms with E-state index in [1.165, 1.54) is 18.2 Å². The number of piperidine rings is 1. The molecule has 5 nitrogen and oxygen atoms in total. The first-order valence-electron chi connectivity index (χ1n) is 6.94. The molecular weight excluding hydrogens is 316 g/mol. The Morgan fingerprint density at radius 1 is 1.41 bits per heavy atom. The van der Waals surface area contributed by atoms with Gasteiger partial charge in [-0.25, -0.2) is 4.79 Å². The van der Waals surface area contributed by atoms with E-state index in [0.717, 1.165) is 25.9 Å². The van der Waals surface area contributed by atoms with Gasteiger partial charge in [-0.2, -0.15) is 8.78 Å². The van der Waals surface area contributed by atoms with Crippen LogP contribution in [-0.2, 0) is 0 Å². The van der Waals surface area contributed by atoms with Gasteiger partial charge < -0.3 is 20.3 Å². The van der Waals surface area contributed by atoms with E-state index in [-0.39, 0.29) is 22.5 Å². The lowest BCUT2D eigenvalue weighted by Gasteiger charge is -2.29. The summed E-state index contributed by atoms with van der Waals surface area (Å²) in [6.07, 6.45) is 1.70. The summed E-state index contributed by atoms with van der Waals surface area (Å²) < 4.78 is 29.1. The van der Waals surface area contributed by atoms with Crippen molar-refractivity contribution >= 4 is 23.3 Å². The number of carbonyl (C=O) groups excluding carboxylic acids is 1. The van der Waals surface area contributed by atoms with Gasteiger partial charge >= 0.3 is 12.6 Å². The average Bonchev–Trinajstić information content (AvgIpc) is 2.44. The molecule has 1 aromatic rings. The molecule has 122 valence electrons. The molecule has 2 rings (SSSR count). The summed E-state index contributed by atoms with van der Waals surface area (Å²) in [5.74, 6) is -0.166. The summed E-state index contributed by atoms with van der Waals surface area (Å²) in [6, 6.07) is 3.78. The summed E-state index contributed by atoms with van der Waals surface area (Å²) in [5.41, 5.74) is 0.148. The van der Waals surface area contributed by atoms with Crippen molar-refractivity contribution in [3.05, 3.63) is 23.2 Å². The van der Waals surface area contributed by atoms with Crippen molar-refractivity contribution < 1.29 is 18.3 Å². The third-order valence-electron chi connectivity index (χ3n) is 3.46. The van der Waals surface area contributed by atoms with Crippen LogP contribution in [0.5, 0.6) is 5.75 Å². The zero-order valence-electron chi connectivity index (χ0n) is 12.1. The number of alkyl halides is 2. The Kier molecular flexibility index (Phi) is 5.79. The molecule has 0 bridgehead atoms. The van der Waals surface area contributed by atoms with E-state index in [4.69, 9.17) is 11.6 Å². The van der Waals surface area contributed by atoms with E-state index in [0.29, 0.717) is 0 Å². The van der Waals surface area contributed by atoms with Gasteiger partial charge in [0.1, 0.15) is 0 Å². The lowest BCUT2D eigenvalue weighted by Crippen LogP contribution is -2.44. The fourth-order valence-electron chi connectivity index (χ4n) is 2.29. The maximum atomic E-state index is 12.4. The second-order valence-corrected chi connectivity index (χ2v) is 5.63. The molecule has 0 atom stereocenters. The number of hydrogen-bond donors (Lipinski definition) is 2. The number of carbonyl (C=O) groups is 1. The van der Waals surface area contributed by atoms with Crippen LogP contribution in [0, 0.1) is 0 Å². The zero-order valence-corrected chi connectivity index (χ0v) is 12.9. The summed E-state index contributed by atoms with van der Waals surface area (Å²) in [7, 11) is 2.03. The fraction of sp³-hybridized carbons (Fsp3) is 0.500. The minimum Gasteiger partial charge on any atom is -0.433 e. The molecule has 1 fully saturated rings. The molecule has 22 heavy (non-hydrogen) atoms. The van der Waals surface area contributed by atoms with Gasteiger partial charge in [0.15, 0.2) is 5.75 Å². The summed E-state index contributed by atoms with van der Waals surface area (Å²) in [4.78, 5) is 14.2. The number of amides is 2. The summed E-state index contributed by atoms with van der Waals surface area (Å²) in [6.45, 7) is -1.17.